The molecular formula is C27H41N3O6. The second-order valence-electron chi connectivity index (χ2n) is 9.82. The molecule has 0 fully saturated rings. The fraction of sp³-hybridized carbons (Fsp3) is 0.556. The number of hydrogen-bond acceptors (Lipinski definition) is 6. The molecule has 0 saturated carbocycles. The topological polar surface area (TPSA) is 114 Å². The molecule has 9 heteroatoms. The number of unbranched alkanes of at least 4 members (excludes halogenated alkanes) is 1. The highest BCUT2D eigenvalue weighted by Gasteiger charge is 2.37. The maximum atomic E-state index is 13.9. The van der Waals surface area contributed by atoms with Crippen LogP contribution in [0.1, 0.15) is 71.6 Å². The van der Waals surface area contributed by atoms with E-state index in [1.165, 1.54) is 12.0 Å². The Hall–Kier alpha value is -3.36. The van der Waals surface area contributed by atoms with E-state index in [0.29, 0.717) is 12.0 Å². The number of alkyl carbamates (subject to hydrolysis) is 1. The van der Waals surface area contributed by atoms with E-state index in [0.717, 1.165) is 12.0 Å². The lowest BCUT2D eigenvalue weighted by molar-refractivity contribution is -0.145. The van der Waals surface area contributed by atoms with Gasteiger partial charge in [-0.3, -0.25) is 14.4 Å². The first-order chi connectivity index (χ1) is 16.8. The molecule has 1 rings (SSSR count). The van der Waals surface area contributed by atoms with Crippen LogP contribution in [0.2, 0.25) is 0 Å². The molecule has 2 unspecified atom stereocenters. The maximum Gasteiger partial charge on any atom is 0.408 e. The van der Waals surface area contributed by atoms with E-state index in [4.69, 9.17) is 4.74 Å². The molecule has 0 aliphatic heterocycles. The zero-order valence-corrected chi connectivity index (χ0v) is 22.6. The van der Waals surface area contributed by atoms with E-state index in [9.17, 15) is 19.2 Å². The van der Waals surface area contributed by atoms with Crippen molar-refractivity contribution < 1.29 is 28.7 Å². The Morgan fingerprint density at radius 3 is 2.36 bits per heavy atom. The van der Waals surface area contributed by atoms with Crippen molar-refractivity contribution in [2.75, 3.05) is 20.2 Å². The minimum atomic E-state index is -1.05. The first kappa shape index (κ1) is 30.7. The van der Waals surface area contributed by atoms with Crippen molar-refractivity contribution in [2.24, 2.45) is 5.92 Å². The highest BCUT2D eigenvalue weighted by Crippen LogP contribution is 2.26. The predicted octanol–water partition coefficient (Wildman–Crippen LogP) is 3.84. The van der Waals surface area contributed by atoms with Crippen molar-refractivity contribution >= 4 is 30.0 Å². The Morgan fingerprint density at radius 1 is 1.17 bits per heavy atom. The number of amides is 3. The van der Waals surface area contributed by atoms with Gasteiger partial charge in [-0.1, -0.05) is 58.0 Å². The summed E-state index contributed by atoms with van der Waals surface area (Å²) >= 11 is 0. The standard InChI is InChI=1S/C27H41N3O6/c1-9-11-15-30(25(33)22(18(3)4)29-26(34)36-27(5,6)7)23(24(32)28-17-21(31)35-8)20-14-12-13-19(10-2)16-20/h10,12-14,16,18,22-23H,2,9,11,15,17H2,1,3-8H3,(H,28,32)(H,29,34). The predicted molar refractivity (Wildman–Crippen MR) is 139 cm³/mol. The quantitative estimate of drug-likeness (QED) is 0.419. The van der Waals surface area contributed by atoms with Gasteiger partial charge in [0.25, 0.3) is 0 Å². The Kier molecular flexibility index (Phi) is 12.1. The number of esters is 1. The van der Waals surface area contributed by atoms with Gasteiger partial charge in [0.1, 0.15) is 24.2 Å². The largest absolute Gasteiger partial charge is 0.468 e. The van der Waals surface area contributed by atoms with E-state index < -0.39 is 41.6 Å². The summed E-state index contributed by atoms with van der Waals surface area (Å²) in [7, 11) is 1.23. The van der Waals surface area contributed by atoms with Crippen LogP contribution in [0, 0.1) is 5.92 Å². The van der Waals surface area contributed by atoms with Gasteiger partial charge in [-0.15, -0.1) is 0 Å². The summed E-state index contributed by atoms with van der Waals surface area (Å²) in [6, 6.07) is 5.14. The van der Waals surface area contributed by atoms with E-state index in [1.54, 1.807) is 45.0 Å². The van der Waals surface area contributed by atoms with E-state index in [1.807, 2.05) is 26.8 Å². The van der Waals surface area contributed by atoms with Crippen LogP contribution >= 0.6 is 0 Å². The second-order valence-corrected chi connectivity index (χ2v) is 9.82. The highest BCUT2D eigenvalue weighted by atomic mass is 16.6. The van der Waals surface area contributed by atoms with Crippen molar-refractivity contribution in [3.8, 4) is 0 Å². The normalized spacial score (nSPS) is 12.8. The third-order valence-electron chi connectivity index (χ3n) is 5.30. The first-order valence-corrected chi connectivity index (χ1v) is 12.2. The van der Waals surface area contributed by atoms with Crippen molar-refractivity contribution in [2.45, 2.75) is 72.1 Å². The summed E-state index contributed by atoms with van der Waals surface area (Å²) in [5.41, 5.74) is 0.588. The van der Waals surface area contributed by atoms with Gasteiger partial charge >= 0.3 is 12.1 Å². The molecule has 0 aliphatic rings. The lowest BCUT2D eigenvalue weighted by Gasteiger charge is -2.35. The van der Waals surface area contributed by atoms with Crippen LogP contribution in [0.4, 0.5) is 4.79 Å². The van der Waals surface area contributed by atoms with Crippen LogP contribution in [-0.4, -0.2) is 60.6 Å². The van der Waals surface area contributed by atoms with Crippen LogP contribution in [0.15, 0.2) is 30.8 Å². The number of nitrogens with zero attached hydrogens (tertiary/aromatic N) is 1. The molecule has 0 radical (unpaired) electrons. The van der Waals surface area contributed by atoms with Crippen LogP contribution in [0.5, 0.6) is 0 Å². The fourth-order valence-corrected chi connectivity index (χ4v) is 3.48. The van der Waals surface area contributed by atoms with Gasteiger partial charge in [-0.05, 0) is 50.3 Å². The zero-order valence-electron chi connectivity index (χ0n) is 22.6. The third-order valence-corrected chi connectivity index (χ3v) is 5.30. The molecule has 1 aromatic rings. The number of ether oxygens (including phenoxy) is 2. The molecule has 0 aliphatic carbocycles. The molecule has 0 aromatic heterocycles. The number of benzene rings is 1. The van der Waals surface area contributed by atoms with Gasteiger partial charge in [0.05, 0.1) is 7.11 Å². The lowest BCUT2D eigenvalue weighted by Crippen LogP contribution is -2.55. The van der Waals surface area contributed by atoms with Gasteiger partial charge in [0, 0.05) is 6.54 Å². The van der Waals surface area contributed by atoms with E-state index >= 15 is 0 Å². The summed E-state index contributed by atoms with van der Waals surface area (Å²) in [5, 5.41) is 5.26. The fourth-order valence-electron chi connectivity index (χ4n) is 3.48. The molecule has 1 aromatic carbocycles. The molecule has 0 heterocycles. The molecule has 2 N–H and O–H groups in total. The van der Waals surface area contributed by atoms with Crippen LogP contribution < -0.4 is 10.6 Å². The third kappa shape index (κ3) is 9.71. The monoisotopic (exact) mass is 503 g/mol. The second kappa shape index (κ2) is 14.3. The van der Waals surface area contributed by atoms with Crippen LogP contribution in [0.3, 0.4) is 0 Å². The number of rotatable bonds is 12. The number of nitrogens with one attached hydrogen (secondary N) is 2. The van der Waals surface area contributed by atoms with Crippen molar-refractivity contribution in [3.05, 3.63) is 42.0 Å². The molecule has 3 amide bonds. The van der Waals surface area contributed by atoms with Crippen molar-refractivity contribution in [1.29, 1.82) is 0 Å². The highest BCUT2D eigenvalue weighted by molar-refractivity contribution is 5.93. The van der Waals surface area contributed by atoms with Gasteiger partial charge in [-0.2, -0.15) is 0 Å². The average Bonchev–Trinajstić information content (AvgIpc) is 2.81. The average molecular weight is 504 g/mol. The first-order valence-electron chi connectivity index (χ1n) is 12.2. The summed E-state index contributed by atoms with van der Waals surface area (Å²) in [6.45, 7) is 14.5. The maximum absolute atomic E-state index is 13.9. The molecule has 0 bridgehead atoms. The Bertz CT molecular complexity index is 922. The smallest absolute Gasteiger partial charge is 0.408 e. The van der Waals surface area contributed by atoms with Gasteiger partial charge in [0.15, 0.2) is 0 Å². The SMILES string of the molecule is C=Cc1cccc(C(C(=O)NCC(=O)OC)N(CCCC)C(=O)C(NC(=O)OC(C)(C)C)C(C)C)c1. The zero-order chi connectivity index (χ0) is 27.5. The van der Waals surface area contributed by atoms with E-state index in [2.05, 4.69) is 21.9 Å². The summed E-state index contributed by atoms with van der Waals surface area (Å²) < 4.78 is 10.0. The number of carbonyl (C=O) groups excluding carboxylic acids is 4. The molecule has 0 spiro atoms. The van der Waals surface area contributed by atoms with Crippen LogP contribution in [0.25, 0.3) is 6.08 Å². The van der Waals surface area contributed by atoms with Gasteiger partial charge in [-0.25, -0.2) is 4.79 Å². The Labute approximate surface area is 214 Å². The summed E-state index contributed by atoms with van der Waals surface area (Å²) in [6.07, 6.45) is 2.33. The summed E-state index contributed by atoms with van der Waals surface area (Å²) in [5.74, 6) is -1.86. The minimum Gasteiger partial charge on any atom is -0.468 e. The number of methoxy groups -OCH3 is 1. The molecular weight excluding hydrogens is 462 g/mol. The molecule has 200 valence electrons. The molecule has 9 nitrogen and oxygen atoms in total. The number of carbonyl (C=O) groups is 4. The van der Waals surface area contributed by atoms with Crippen molar-refractivity contribution in [1.82, 2.24) is 15.5 Å². The molecule has 0 saturated heterocycles. The molecule has 2 atom stereocenters. The van der Waals surface area contributed by atoms with Crippen molar-refractivity contribution in [3.63, 3.8) is 0 Å². The van der Waals surface area contributed by atoms with Crippen LogP contribution in [-0.2, 0) is 23.9 Å². The van der Waals surface area contributed by atoms with E-state index in [-0.39, 0.29) is 19.0 Å². The summed E-state index contributed by atoms with van der Waals surface area (Å²) in [4.78, 5) is 53.0. The molecule has 36 heavy (non-hydrogen) atoms. The lowest BCUT2D eigenvalue weighted by atomic mass is 9.97. The Morgan fingerprint density at radius 2 is 1.83 bits per heavy atom. The number of hydrogen-bond donors (Lipinski definition) is 2. The Balaban J connectivity index is 3.48. The minimum absolute atomic E-state index is 0.267. The van der Waals surface area contributed by atoms with Gasteiger partial charge < -0.3 is 25.0 Å². The van der Waals surface area contributed by atoms with Gasteiger partial charge in [0.2, 0.25) is 11.8 Å².